The van der Waals surface area contributed by atoms with Crippen molar-refractivity contribution in [3.63, 3.8) is 0 Å². The summed E-state index contributed by atoms with van der Waals surface area (Å²) in [5, 5.41) is 2.78. The molecule has 0 atom stereocenters. The van der Waals surface area contributed by atoms with Crippen LogP contribution >= 0.6 is 11.6 Å². The highest BCUT2D eigenvalue weighted by atomic mass is 35.5. The lowest BCUT2D eigenvalue weighted by Crippen LogP contribution is -1.92. The lowest BCUT2D eigenvalue weighted by Gasteiger charge is -2.00. The van der Waals surface area contributed by atoms with E-state index in [9.17, 15) is 4.79 Å². The fourth-order valence-corrected chi connectivity index (χ4v) is 2.85. The van der Waals surface area contributed by atoms with Crippen LogP contribution in [0.5, 0.6) is 0 Å². The molecule has 4 heteroatoms. The van der Waals surface area contributed by atoms with Crippen molar-refractivity contribution in [1.29, 1.82) is 0 Å². The fraction of sp³-hybridized carbons (Fsp3) is 0. The highest BCUT2D eigenvalue weighted by Crippen LogP contribution is 2.28. The van der Waals surface area contributed by atoms with Gasteiger partial charge in [-0.1, -0.05) is 48.0 Å². The quantitative estimate of drug-likeness (QED) is 0.506. The standard InChI is InChI=1S/C18H11ClN2O/c19-14-7-5-13(6-8-14)17-16(11-22)21-10-9-12-3-1-2-4-15(12)18(21)20-17/h1-11H. The van der Waals surface area contributed by atoms with Gasteiger partial charge in [0.1, 0.15) is 17.0 Å². The van der Waals surface area contributed by atoms with Crippen molar-refractivity contribution in [1.82, 2.24) is 9.38 Å². The predicted octanol–water partition coefficient (Wildman–Crippen LogP) is 4.62. The number of rotatable bonds is 2. The van der Waals surface area contributed by atoms with Crippen LogP contribution in [0, 0.1) is 0 Å². The highest BCUT2D eigenvalue weighted by Gasteiger charge is 2.15. The average molecular weight is 307 g/mol. The van der Waals surface area contributed by atoms with Crippen molar-refractivity contribution in [2.24, 2.45) is 0 Å². The highest BCUT2D eigenvalue weighted by molar-refractivity contribution is 6.30. The van der Waals surface area contributed by atoms with Gasteiger partial charge in [0, 0.05) is 22.2 Å². The van der Waals surface area contributed by atoms with Gasteiger partial charge in [-0.05, 0) is 23.6 Å². The molecule has 2 aromatic heterocycles. The van der Waals surface area contributed by atoms with Crippen LogP contribution in [0.15, 0.2) is 60.8 Å². The van der Waals surface area contributed by atoms with E-state index in [2.05, 4.69) is 0 Å². The first kappa shape index (κ1) is 13.0. The molecule has 0 radical (unpaired) electrons. The Morgan fingerprint density at radius 2 is 1.77 bits per heavy atom. The summed E-state index contributed by atoms with van der Waals surface area (Å²) in [7, 11) is 0. The van der Waals surface area contributed by atoms with Crippen molar-refractivity contribution in [2.45, 2.75) is 0 Å². The molecule has 2 aromatic carbocycles. The van der Waals surface area contributed by atoms with E-state index in [1.165, 1.54) is 0 Å². The van der Waals surface area contributed by atoms with Crippen molar-refractivity contribution in [2.75, 3.05) is 0 Å². The van der Waals surface area contributed by atoms with E-state index >= 15 is 0 Å². The molecule has 0 aliphatic heterocycles. The lowest BCUT2D eigenvalue weighted by molar-refractivity contribution is 0.111. The van der Waals surface area contributed by atoms with Gasteiger partial charge in [-0.25, -0.2) is 4.98 Å². The first-order valence-corrected chi connectivity index (χ1v) is 7.26. The van der Waals surface area contributed by atoms with Gasteiger partial charge in [0.05, 0.1) is 0 Å². The second kappa shape index (κ2) is 4.97. The summed E-state index contributed by atoms with van der Waals surface area (Å²) in [6, 6.07) is 17.3. The zero-order valence-electron chi connectivity index (χ0n) is 11.5. The molecule has 0 bridgehead atoms. The van der Waals surface area contributed by atoms with Gasteiger partial charge in [-0.3, -0.25) is 9.20 Å². The number of nitrogens with zero attached hydrogens (tertiary/aromatic N) is 2. The number of imidazole rings is 1. The minimum Gasteiger partial charge on any atom is -0.296 e. The van der Waals surface area contributed by atoms with Gasteiger partial charge in [0.2, 0.25) is 0 Å². The third-order valence-electron chi connectivity index (χ3n) is 3.78. The maximum absolute atomic E-state index is 11.6. The van der Waals surface area contributed by atoms with E-state index < -0.39 is 0 Å². The number of halogens is 1. The summed E-state index contributed by atoms with van der Waals surface area (Å²) in [5.74, 6) is 0. The molecule has 0 amide bonds. The molecule has 0 saturated heterocycles. The Bertz CT molecular complexity index is 1000. The zero-order chi connectivity index (χ0) is 15.1. The van der Waals surface area contributed by atoms with E-state index in [1.54, 1.807) is 12.1 Å². The number of benzene rings is 2. The van der Waals surface area contributed by atoms with E-state index in [0.29, 0.717) is 16.4 Å². The number of carbonyl (C=O) groups excluding carboxylic acids is 1. The molecule has 4 rings (SSSR count). The minimum absolute atomic E-state index is 0.545. The Hall–Kier alpha value is -2.65. The molecule has 0 unspecified atom stereocenters. The zero-order valence-corrected chi connectivity index (χ0v) is 12.3. The van der Waals surface area contributed by atoms with E-state index in [-0.39, 0.29) is 0 Å². The van der Waals surface area contributed by atoms with Crippen LogP contribution in [0.3, 0.4) is 0 Å². The molecule has 106 valence electrons. The first-order valence-electron chi connectivity index (χ1n) is 6.89. The summed E-state index contributed by atoms with van der Waals surface area (Å²) in [6.07, 6.45) is 2.73. The summed E-state index contributed by atoms with van der Waals surface area (Å²) in [6.45, 7) is 0. The van der Waals surface area contributed by atoms with Crippen LogP contribution in [0.25, 0.3) is 27.7 Å². The molecular weight excluding hydrogens is 296 g/mol. The average Bonchev–Trinajstić information content (AvgIpc) is 2.94. The molecule has 3 nitrogen and oxygen atoms in total. The van der Waals surface area contributed by atoms with Crippen LogP contribution in [0.4, 0.5) is 0 Å². The van der Waals surface area contributed by atoms with E-state index in [1.807, 2.05) is 53.1 Å². The van der Waals surface area contributed by atoms with Crippen LogP contribution in [0.2, 0.25) is 5.02 Å². The number of fused-ring (bicyclic) bond motifs is 3. The summed E-state index contributed by atoms with van der Waals surface area (Å²) in [4.78, 5) is 16.3. The smallest absolute Gasteiger partial charge is 0.169 e. The molecule has 0 aliphatic rings. The van der Waals surface area contributed by atoms with Crippen molar-refractivity contribution < 1.29 is 4.79 Å². The van der Waals surface area contributed by atoms with Crippen molar-refractivity contribution in [3.8, 4) is 11.3 Å². The summed E-state index contributed by atoms with van der Waals surface area (Å²) in [5.41, 5.74) is 2.87. The predicted molar refractivity (Wildman–Crippen MR) is 88.5 cm³/mol. The van der Waals surface area contributed by atoms with Crippen molar-refractivity contribution in [3.05, 3.63) is 71.5 Å². The Labute approximate surface area is 131 Å². The maximum atomic E-state index is 11.6. The molecule has 0 aliphatic carbocycles. The Morgan fingerprint density at radius 3 is 2.55 bits per heavy atom. The fourth-order valence-electron chi connectivity index (χ4n) is 2.72. The van der Waals surface area contributed by atoms with Crippen LogP contribution in [0.1, 0.15) is 10.5 Å². The Morgan fingerprint density at radius 1 is 1.00 bits per heavy atom. The molecular formula is C18H11ClN2O. The third-order valence-corrected chi connectivity index (χ3v) is 4.03. The number of aldehydes is 1. The SMILES string of the molecule is O=Cc1c(-c2ccc(Cl)cc2)nc2c3ccccc3ccn12. The molecule has 0 saturated carbocycles. The number of hydrogen-bond acceptors (Lipinski definition) is 2. The Kier molecular flexibility index (Phi) is 2.94. The van der Waals surface area contributed by atoms with E-state index in [0.717, 1.165) is 28.3 Å². The summed E-state index contributed by atoms with van der Waals surface area (Å²) < 4.78 is 1.83. The van der Waals surface area contributed by atoms with Gasteiger partial charge in [0.25, 0.3) is 0 Å². The van der Waals surface area contributed by atoms with Gasteiger partial charge >= 0.3 is 0 Å². The largest absolute Gasteiger partial charge is 0.296 e. The Balaban J connectivity index is 2.08. The van der Waals surface area contributed by atoms with Crippen LogP contribution in [-0.4, -0.2) is 15.7 Å². The summed E-state index contributed by atoms with van der Waals surface area (Å²) >= 11 is 5.93. The van der Waals surface area contributed by atoms with Gasteiger partial charge in [-0.2, -0.15) is 0 Å². The van der Waals surface area contributed by atoms with Crippen LogP contribution < -0.4 is 0 Å². The first-order chi connectivity index (χ1) is 10.8. The van der Waals surface area contributed by atoms with Gasteiger partial charge in [0.15, 0.2) is 6.29 Å². The number of aromatic nitrogens is 2. The maximum Gasteiger partial charge on any atom is 0.169 e. The molecule has 0 spiro atoms. The molecule has 0 fully saturated rings. The molecule has 4 aromatic rings. The second-order valence-corrected chi connectivity index (χ2v) is 5.50. The minimum atomic E-state index is 0.545. The van der Waals surface area contributed by atoms with E-state index in [4.69, 9.17) is 16.6 Å². The second-order valence-electron chi connectivity index (χ2n) is 5.07. The van der Waals surface area contributed by atoms with Crippen molar-refractivity contribution >= 4 is 34.3 Å². The normalized spacial score (nSPS) is 11.1. The lowest BCUT2D eigenvalue weighted by atomic mass is 10.1. The molecule has 2 heterocycles. The third kappa shape index (κ3) is 1.90. The van der Waals surface area contributed by atoms with Gasteiger partial charge in [-0.15, -0.1) is 0 Å². The molecule has 0 N–H and O–H groups in total. The molecule has 22 heavy (non-hydrogen) atoms. The van der Waals surface area contributed by atoms with Crippen LogP contribution in [-0.2, 0) is 0 Å². The number of pyridine rings is 1. The number of carbonyl (C=O) groups is 1. The number of hydrogen-bond donors (Lipinski definition) is 0. The topological polar surface area (TPSA) is 34.4 Å². The van der Waals surface area contributed by atoms with Gasteiger partial charge < -0.3 is 0 Å². The monoisotopic (exact) mass is 306 g/mol.